The van der Waals surface area contributed by atoms with Crippen molar-refractivity contribution in [3.63, 3.8) is 0 Å². The van der Waals surface area contributed by atoms with Gasteiger partial charge in [0, 0.05) is 5.56 Å². The number of para-hydroxylation sites is 1. The SMILES string of the molecule is COc1ccccc1/C=N\n1c(C)nnc1SCn1nc(C)c([N+](=O)[O-])c1C. The minimum Gasteiger partial charge on any atom is -0.496 e. The molecule has 2 aromatic heterocycles. The molecule has 0 aliphatic carbocycles. The number of benzene rings is 1. The molecule has 3 aromatic rings. The van der Waals surface area contributed by atoms with Gasteiger partial charge in [0.15, 0.2) is 5.82 Å². The predicted octanol–water partition coefficient (Wildman–Crippen LogP) is 2.95. The molecule has 28 heavy (non-hydrogen) atoms. The molecule has 146 valence electrons. The van der Waals surface area contributed by atoms with Gasteiger partial charge in [0.2, 0.25) is 5.16 Å². The maximum atomic E-state index is 11.1. The van der Waals surface area contributed by atoms with Gasteiger partial charge >= 0.3 is 5.69 Å². The standard InChI is InChI=1S/C17H19N7O3S/c1-11-16(24(25)26)12(2)22(21-11)10-28-17-20-19-13(3)23(17)18-9-14-7-5-6-8-15(14)27-4/h5-9H,10H2,1-4H3/b18-9-. The van der Waals surface area contributed by atoms with Crippen molar-refractivity contribution in [3.8, 4) is 5.75 Å². The molecule has 0 unspecified atom stereocenters. The largest absolute Gasteiger partial charge is 0.496 e. The Morgan fingerprint density at radius 1 is 1.29 bits per heavy atom. The summed E-state index contributed by atoms with van der Waals surface area (Å²) in [4.78, 5) is 10.7. The first-order chi connectivity index (χ1) is 13.4. The van der Waals surface area contributed by atoms with Gasteiger partial charge in [-0.05, 0) is 32.9 Å². The summed E-state index contributed by atoms with van der Waals surface area (Å²) in [5, 5.41) is 28.6. The summed E-state index contributed by atoms with van der Waals surface area (Å²) < 4.78 is 8.51. The van der Waals surface area contributed by atoms with Gasteiger partial charge in [-0.25, -0.2) is 0 Å². The second kappa shape index (κ2) is 8.21. The van der Waals surface area contributed by atoms with Crippen LogP contribution in [0, 0.1) is 30.9 Å². The van der Waals surface area contributed by atoms with Crippen molar-refractivity contribution in [2.24, 2.45) is 5.10 Å². The van der Waals surface area contributed by atoms with Crippen LogP contribution in [0.15, 0.2) is 34.5 Å². The normalized spacial score (nSPS) is 11.3. The Labute approximate surface area is 165 Å². The highest BCUT2D eigenvalue weighted by Gasteiger charge is 2.22. The highest BCUT2D eigenvalue weighted by atomic mass is 32.2. The average molecular weight is 401 g/mol. The number of hydrogen-bond donors (Lipinski definition) is 0. The number of methoxy groups -OCH3 is 1. The zero-order chi connectivity index (χ0) is 20.3. The Balaban J connectivity index is 1.81. The fraction of sp³-hybridized carbons (Fsp3) is 0.294. The first kappa shape index (κ1) is 19.5. The molecule has 2 heterocycles. The van der Waals surface area contributed by atoms with Crippen LogP contribution in [-0.2, 0) is 5.88 Å². The van der Waals surface area contributed by atoms with Gasteiger partial charge in [-0.3, -0.25) is 14.8 Å². The van der Waals surface area contributed by atoms with Crippen molar-refractivity contribution < 1.29 is 9.66 Å². The van der Waals surface area contributed by atoms with E-state index >= 15 is 0 Å². The molecule has 0 N–H and O–H groups in total. The van der Waals surface area contributed by atoms with Crippen LogP contribution in [0.2, 0.25) is 0 Å². The minimum atomic E-state index is -0.414. The summed E-state index contributed by atoms with van der Waals surface area (Å²) >= 11 is 1.34. The van der Waals surface area contributed by atoms with E-state index in [4.69, 9.17) is 4.74 Å². The predicted molar refractivity (Wildman–Crippen MR) is 105 cm³/mol. The van der Waals surface area contributed by atoms with Gasteiger partial charge in [0.25, 0.3) is 0 Å². The first-order valence-corrected chi connectivity index (χ1v) is 9.31. The number of aryl methyl sites for hydroxylation is 2. The number of rotatable bonds is 7. The third-order valence-electron chi connectivity index (χ3n) is 4.06. The van der Waals surface area contributed by atoms with Gasteiger partial charge in [-0.1, -0.05) is 23.9 Å². The van der Waals surface area contributed by atoms with Gasteiger partial charge in [-0.2, -0.15) is 14.9 Å². The molecule has 0 bridgehead atoms. The van der Waals surface area contributed by atoms with Crippen LogP contribution in [0.5, 0.6) is 5.75 Å². The Kier molecular flexibility index (Phi) is 5.73. The van der Waals surface area contributed by atoms with Crippen molar-refractivity contribution in [1.82, 2.24) is 24.7 Å². The molecule has 0 atom stereocenters. The van der Waals surface area contributed by atoms with Gasteiger partial charge < -0.3 is 4.74 Å². The van der Waals surface area contributed by atoms with Crippen LogP contribution in [-0.4, -0.2) is 42.9 Å². The monoisotopic (exact) mass is 401 g/mol. The summed E-state index contributed by atoms with van der Waals surface area (Å²) in [6.45, 7) is 5.09. The molecule has 0 saturated carbocycles. The van der Waals surface area contributed by atoms with Crippen molar-refractivity contribution in [2.45, 2.75) is 31.8 Å². The van der Waals surface area contributed by atoms with Gasteiger partial charge in [0.1, 0.15) is 17.1 Å². The lowest BCUT2D eigenvalue weighted by molar-refractivity contribution is -0.386. The molecule has 0 fully saturated rings. The van der Waals surface area contributed by atoms with Crippen LogP contribution >= 0.6 is 11.8 Å². The molecular formula is C17H19N7O3S. The van der Waals surface area contributed by atoms with E-state index in [1.165, 1.54) is 11.8 Å². The van der Waals surface area contributed by atoms with E-state index < -0.39 is 4.92 Å². The lowest BCUT2D eigenvalue weighted by Gasteiger charge is -2.05. The molecule has 10 nitrogen and oxygen atoms in total. The zero-order valence-electron chi connectivity index (χ0n) is 15.9. The lowest BCUT2D eigenvalue weighted by atomic mass is 10.2. The number of hydrogen-bond acceptors (Lipinski definition) is 8. The number of aromatic nitrogens is 5. The van der Waals surface area contributed by atoms with Crippen LogP contribution in [0.4, 0.5) is 5.69 Å². The van der Waals surface area contributed by atoms with E-state index in [2.05, 4.69) is 20.4 Å². The van der Waals surface area contributed by atoms with Crippen LogP contribution in [0.1, 0.15) is 22.8 Å². The van der Waals surface area contributed by atoms with Crippen molar-refractivity contribution >= 4 is 23.7 Å². The molecular weight excluding hydrogens is 382 g/mol. The molecule has 1 aromatic carbocycles. The molecule has 0 spiro atoms. The van der Waals surface area contributed by atoms with Crippen LogP contribution < -0.4 is 4.74 Å². The second-order valence-electron chi connectivity index (χ2n) is 5.88. The van der Waals surface area contributed by atoms with Crippen molar-refractivity contribution in [1.29, 1.82) is 0 Å². The molecule has 0 saturated heterocycles. The van der Waals surface area contributed by atoms with E-state index in [0.717, 1.165) is 5.56 Å². The quantitative estimate of drug-likeness (QED) is 0.259. The Bertz CT molecular complexity index is 1040. The zero-order valence-corrected chi connectivity index (χ0v) is 16.7. The maximum Gasteiger partial charge on any atom is 0.312 e. The molecule has 11 heteroatoms. The number of thioether (sulfide) groups is 1. The van der Waals surface area contributed by atoms with Gasteiger partial charge in [0.05, 0.1) is 24.1 Å². The summed E-state index contributed by atoms with van der Waals surface area (Å²) in [5.74, 6) is 1.68. The van der Waals surface area contributed by atoms with E-state index in [9.17, 15) is 10.1 Å². The molecule has 3 rings (SSSR count). The average Bonchev–Trinajstić information content (AvgIpc) is 3.16. The fourth-order valence-corrected chi connectivity index (χ4v) is 3.54. The molecule has 0 aliphatic rings. The highest BCUT2D eigenvalue weighted by Crippen LogP contribution is 2.25. The summed E-state index contributed by atoms with van der Waals surface area (Å²) in [7, 11) is 1.60. The third-order valence-corrected chi connectivity index (χ3v) is 4.95. The summed E-state index contributed by atoms with van der Waals surface area (Å²) in [6.07, 6.45) is 1.67. The molecule has 0 amide bonds. The van der Waals surface area contributed by atoms with Crippen molar-refractivity contribution in [2.75, 3.05) is 7.11 Å². The Hall–Kier alpha value is -3.21. The molecule has 0 radical (unpaired) electrons. The Morgan fingerprint density at radius 2 is 2.04 bits per heavy atom. The van der Waals surface area contributed by atoms with E-state index in [1.54, 1.807) is 43.5 Å². The van der Waals surface area contributed by atoms with E-state index in [-0.39, 0.29) is 5.69 Å². The number of nitro groups is 1. The van der Waals surface area contributed by atoms with E-state index in [1.807, 2.05) is 24.3 Å². The number of ether oxygens (including phenoxy) is 1. The minimum absolute atomic E-state index is 0.0347. The molecule has 0 aliphatic heterocycles. The van der Waals surface area contributed by atoms with Crippen LogP contribution in [0.3, 0.4) is 0 Å². The van der Waals surface area contributed by atoms with Crippen LogP contribution in [0.25, 0.3) is 0 Å². The lowest BCUT2D eigenvalue weighted by Crippen LogP contribution is -2.02. The first-order valence-electron chi connectivity index (χ1n) is 8.33. The number of nitrogens with zero attached hydrogens (tertiary/aromatic N) is 7. The second-order valence-corrected chi connectivity index (χ2v) is 6.79. The van der Waals surface area contributed by atoms with Gasteiger partial charge in [-0.15, -0.1) is 10.2 Å². The fourth-order valence-electron chi connectivity index (χ4n) is 2.65. The summed E-state index contributed by atoms with van der Waals surface area (Å²) in [6, 6.07) is 7.53. The van der Waals surface area contributed by atoms with E-state index in [0.29, 0.717) is 34.0 Å². The Morgan fingerprint density at radius 3 is 2.71 bits per heavy atom. The highest BCUT2D eigenvalue weighted by molar-refractivity contribution is 7.98. The smallest absolute Gasteiger partial charge is 0.312 e. The summed E-state index contributed by atoms with van der Waals surface area (Å²) in [5.41, 5.74) is 1.74. The third kappa shape index (κ3) is 3.88. The van der Waals surface area contributed by atoms with Crippen molar-refractivity contribution in [3.05, 3.63) is 57.2 Å². The maximum absolute atomic E-state index is 11.1. The topological polar surface area (TPSA) is 113 Å².